The fraction of sp³-hybridized carbons (Fsp3) is 0.556. The Balaban J connectivity index is 2.01. The predicted molar refractivity (Wildman–Crippen MR) is 96.9 cm³/mol. The van der Waals surface area contributed by atoms with E-state index in [-0.39, 0.29) is 17.0 Å². The van der Waals surface area contributed by atoms with Crippen LogP contribution in [0.4, 0.5) is 4.39 Å². The third-order valence-corrected chi connectivity index (χ3v) is 5.89. The molecule has 0 bridgehead atoms. The normalized spacial score (nSPS) is 22.9. The quantitative estimate of drug-likeness (QED) is 0.512. The molecule has 1 aromatic rings. The van der Waals surface area contributed by atoms with Crippen LogP contribution in [0, 0.1) is 12.7 Å². The second-order valence-corrected chi connectivity index (χ2v) is 7.59. The van der Waals surface area contributed by atoms with Gasteiger partial charge in [-0.1, -0.05) is 0 Å². The fourth-order valence-electron chi connectivity index (χ4n) is 3.84. The minimum absolute atomic E-state index is 0.145. The van der Waals surface area contributed by atoms with E-state index < -0.39 is 23.2 Å². The maximum Gasteiger partial charge on any atom is 0.262 e. The Morgan fingerprint density at radius 1 is 1.26 bits per heavy atom. The molecule has 1 atom stereocenters. The highest BCUT2D eigenvalue weighted by atomic mass is 79.9. The van der Waals surface area contributed by atoms with Crippen LogP contribution in [0.5, 0.6) is 0 Å². The molecule has 0 aromatic heterocycles. The molecule has 7 nitrogen and oxygen atoms in total. The Morgan fingerprint density at radius 3 is 2.52 bits per heavy atom. The SMILES string of the molecule is COCON1C(=O)C(c2cc(Br)c(F)cc2C)C(=O)C12CCN(OC)CC2. The highest BCUT2D eigenvalue weighted by Crippen LogP contribution is 2.44. The van der Waals surface area contributed by atoms with E-state index in [2.05, 4.69) is 15.9 Å². The highest BCUT2D eigenvalue weighted by Gasteiger charge is 2.61. The first-order valence-corrected chi connectivity index (χ1v) is 9.40. The fourth-order valence-corrected chi connectivity index (χ4v) is 4.20. The Morgan fingerprint density at radius 2 is 1.93 bits per heavy atom. The minimum atomic E-state index is -1.08. The maximum atomic E-state index is 13.8. The summed E-state index contributed by atoms with van der Waals surface area (Å²) in [5.74, 6) is -2.16. The van der Waals surface area contributed by atoms with Crippen molar-refractivity contribution in [3.05, 3.63) is 33.5 Å². The molecule has 0 N–H and O–H groups in total. The first kappa shape index (κ1) is 20.3. The van der Waals surface area contributed by atoms with E-state index in [4.69, 9.17) is 14.4 Å². The highest BCUT2D eigenvalue weighted by molar-refractivity contribution is 9.10. The second-order valence-electron chi connectivity index (χ2n) is 6.73. The topological polar surface area (TPSA) is 68.3 Å². The van der Waals surface area contributed by atoms with Gasteiger partial charge in [0, 0.05) is 20.2 Å². The van der Waals surface area contributed by atoms with Gasteiger partial charge in [-0.25, -0.2) is 14.3 Å². The average Bonchev–Trinajstić information content (AvgIpc) is 2.84. The summed E-state index contributed by atoms with van der Waals surface area (Å²) in [7, 11) is 3.02. The van der Waals surface area contributed by atoms with Crippen LogP contribution in [0.1, 0.15) is 29.9 Å². The molecule has 0 radical (unpaired) electrons. The number of piperidine rings is 1. The van der Waals surface area contributed by atoms with Crippen LogP contribution >= 0.6 is 15.9 Å². The Kier molecular flexibility index (Phi) is 5.97. The number of hydroxylamine groups is 4. The molecule has 2 aliphatic rings. The third-order valence-electron chi connectivity index (χ3n) is 5.28. The molecule has 1 amide bonds. The van der Waals surface area contributed by atoms with Crippen molar-refractivity contribution in [3.8, 4) is 0 Å². The molecule has 3 rings (SSSR count). The van der Waals surface area contributed by atoms with Gasteiger partial charge in [0.1, 0.15) is 17.3 Å². The van der Waals surface area contributed by atoms with Gasteiger partial charge in [0.25, 0.3) is 5.91 Å². The van der Waals surface area contributed by atoms with Crippen LogP contribution in [-0.2, 0) is 24.0 Å². The Labute approximate surface area is 165 Å². The van der Waals surface area contributed by atoms with Crippen molar-refractivity contribution in [2.24, 2.45) is 0 Å². The molecular formula is C18H22BrFN2O5. The monoisotopic (exact) mass is 444 g/mol. The maximum absolute atomic E-state index is 13.8. The minimum Gasteiger partial charge on any atom is -0.356 e. The first-order chi connectivity index (χ1) is 12.9. The first-order valence-electron chi connectivity index (χ1n) is 8.60. The van der Waals surface area contributed by atoms with Crippen LogP contribution in [0.15, 0.2) is 16.6 Å². The number of halogens is 2. The summed E-state index contributed by atoms with van der Waals surface area (Å²) in [6.07, 6.45) is 0.764. The zero-order chi connectivity index (χ0) is 19.8. The number of hydrogen-bond donors (Lipinski definition) is 0. The van der Waals surface area contributed by atoms with Gasteiger partial charge in [0.05, 0.1) is 11.6 Å². The number of ether oxygens (including phenoxy) is 1. The summed E-state index contributed by atoms with van der Waals surface area (Å²) in [5, 5.41) is 2.91. The van der Waals surface area contributed by atoms with E-state index >= 15 is 0 Å². The number of hydrogen-bond acceptors (Lipinski definition) is 6. The molecule has 27 heavy (non-hydrogen) atoms. The number of carbonyl (C=O) groups is 2. The number of Topliss-reactive ketones (excluding diaryl/α,β-unsaturated/α-hetero) is 1. The summed E-state index contributed by atoms with van der Waals surface area (Å²) in [6, 6.07) is 2.82. The molecule has 1 aromatic carbocycles. The summed E-state index contributed by atoms with van der Waals surface area (Å²) in [5.41, 5.74) is -0.0568. The molecule has 1 unspecified atom stereocenters. The van der Waals surface area contributed by atoms with Gasteiger partial charge in [-0.2, -0.15) is 5.06 Å². The Bertz CT molecular complexity index is 752. The van der Waals surface area contributed by atoms with Crippen molar-refractivity contribution < 1.29 is 28.4 Å². The number of carbonyl (C=O) groups excluding carboxylic acids is 2. The molecule has 2 saturated heterocycles. The van der Waals surface area contributed by atoms with Crippen molar-refractivity contribution in [2.45, 2.75) is 31.2 Å². The summed E-state index contributed by atoms with van der Waals surface area (Å²) >= 11 is 3.14. The van der Waals surface area contributed by atoms with E-state index in [9.17, 15) is 14.0 Å². The zero-order valence-corrected chi connectivity index (χ0v) is 17.0. The lowest BCUT2D eigenvalue weighted by Crippen LogP contribution is -2.56. The zero-order valence-electron chi connectivity index (χ0n) is 15.5. The predicted octanol–water partition coefficient (Wildman–Crippen LogP) is 2.32. The van der Waals surface area contributed by atoms with Gasteiger partial charge in [0.15, 0.2) is 12.6 Å². The Hall–Kier alpha value is -1.39. The van der Waals surface area contributed by atoms with Crippen LogP contribution in [0.3, 0.4) is 0 Å². The molecule has 2 aliphatic heterocycles. The lowest BCUT2D eigenvalue weighted by atomic mass is 9.80. The number of methoxy groups -OCH3 is 1. The van der Waals surface area contributed by atoms with Gasteiger partial charge in [-0.3, -0.25) is 9.59 Å². The van der Waals surface area contributed by atoms with E-state index in [1.54, 1.807) is 19.1 Å². The van der Waals surface area contributed by atoms with Crippen LogP contribution < -0.4 is 0 Å². The van der Waals surface area contributed by atoms with Gasteiger partial charge in [-0.15, -0.1) is 0 Å². The number of aryl methyl sites for hydroxylation is 1. The number of rotatable bonds is 5. The lowest BCUT2D eigenvalue weighted by molar-refractivity contribution is -0.256. The molecule has 0 aliphatic carbocycles. The van der Waals surface area contributed by atoms with Crippen LogP contribution in [0.25, 0.3) is 0 Å². The molecule has 2 fully saturated rings. The van der Waals surface area contributed by atoms with E-state index in [1.165, 1.54) is 24.3 Å². The van der Waals surface area contributed by atoms with E-state index in [1.807, 2.05) is 0 Å². The molecule has 9 heteroatoms. The number of ketones is 1. The smallest absolute Gasteiger partial charge is 0.262 e. The van der Waals surface area contributed by atoms with E-state index in [0.29, 0.717) is 37.1 Å². The molecule has 148 valence electrons. The summed E-state index contributed by atoms with van der Waals surface area (Å²) in [6.45, 7) is 2.51. The summed E-state index contributed by atoms with van der Waals surface area (Å²) in [4.78, 5) is 37.4. The van der Waals surface area contributed by atoms with Crippen LogP contribution in [0.2, 0.25) is 0 Å². The van der Waals surface area contributed by atoms with E-state index in [0.717, 1.165) is 0 Å². The summed E-state index contributed by atoms with van der Waals surface area (Å²) < 4.78 is 19.0. The van der Waals surface area contributed by atoms with Gasteiger partial charge < -0.3 is 9.57 Å². The lowest BCUT2D eigenvalue weighted by Gasteiger charge is -2.41. The van der Waals surface area contributed by atoms with Crippen molar-refractivity contribution in [1.29, 1.82) is 0 Å². The van der Waals surface area contributed by atoms with Gasteiger partial charge in [0.2, 0.25) is 0 Å². The number of amides is 1. The molecule has 0 saturated carbocycles. The standard InChI is InChI=1S/C18H22BrFN2O5/c1-11-8-14(20)13(19)9-12(11)15-16(23)18(4-6-21(26-3)7-5-18)22(17(15)24)27-10-25-2/h8-9,15H,4-7,10H2,1-3H3. The number of nitrogens with zero attached hydrogens (tertiary/aromatic N) is 2. The van der Waals surface area contributed by atoms with Crippen molar-refractivity contribution in [3.63, 3.8) is 0 Å². The largest absolute Gasteiger partial charge is 0.356 e. The number of benzene rings is 1. The van der Waals surface area contributed by atoms with Gasteiger partial charge >= 0.3 is 0 Å². The van der Waals surface area contributed by atoms with Crippen molar-refractivity contribution in [2.75, 3.05) is 34.1 Å². The average molecular weight is 445 g/mol. The van der Waals surface area contributed by atoms with Crippen molar-refractivity contribution in [1.82, 2.24) is 10.1 Å². The molecule has 1 spiro atoms. The van der Waals surface area contributed by atoms with Gasteiger partial charge in [-0.05, 0) is 59.0 Å². The molecular weight excluding hydrogens is 423 g/mol. The third kappa shape index (κ3) is 3.42. The van der Waals surface area contributed by atoms with Crippen molar-refractivity contribution >= 4 is 27.6 Å². The second kappa shape index (κ2) is 7.92. The van der Waals surface area contributed by atoms with Crippen LogP contribution in [-0.4, -0.2) is 61.5 Å². The molecule has 2 heterocycles.